The number of nitrogens with two attached hydrogens (primary N) is 1. The maximum absolute atomic E-state index is 14.0. The summed E-state index contributed by atoms with van der Waals surface area (Å²) in [5, 5.41) is 1.03. The van der Waals surface area contributed by atoms with Crippen LogP contribution in [0.4, 0.5) is 4.39 Å². The lowest BCUT2D eigenvalue weighted by Gasteiger charge is -2.05. The zero-order chi connectivity index (χ0) is 18.6. The van der Waals surface area contributed by atoms with Gasteiger partial charge in [-0.1, -0.05) is 6.07 Å². The van der Waals surface area contributed by atoms with Crippen LogP contribution < -0.4 is 5.73 Å². The van der Waals surface area contributed by atoms with Crippen LogP contribution in [0, 0.1) is 19.7 Å². The molecule has 0 aliphatic carbocycles. The van der Waals surface area contributed by atoms with Crippen molar-refractivity contribution in [1.82, 2.24) is 4.57 Å². The van der Waals surface area contributed by atoms with Crippen LogP contribution in [0.5, 0.6) is 0 Å². The van der Waals surface area contributed by atoms with E-state index in [0.717, 1.165) is 34.4 Å². The first-order chi connectivity index (χ1) is 12.0. The second-order valence-electron chi connectivity index (χ2n) is 5.76. The Kier molecular flexibility index (Phi) is 6.81. The molecule has 6 heteroatoms. The molecule has 0 atom stereocenters. The standard InChI is InChI=1S/C18H19FN2OS.CH4S/c1-11-4-5-14(15(19)8-11)17(22)16-10-13-9-12(2)21(7-3-6-20)18(13)23-16;1-2/h4-5,8-10H,3,6-7,20H2,1-2H3;2H,1H3. The van der Waals surface area contributed by atoms with Gasteiger partial charge in [0, 0.05) is 17.6 Å². The van der Waals surface area contributed by atoms with Gasteiger partial charge in [0.25, 0.3) is 0 Å². The number of aryl methyl sites for hydroxylation is 3. The third-order valence-electron chi connectivity index (χ3n) is 3.95. The van der Waals surface area contributed by atoms with E-state index >= 15 is 0 Å². The number of carbonyl (C=O) groups is 1. The van der Waals surface area contributed by atoms with Crippen LogP contribution in [0.15, 0.2) is 30.3 Å². The van der Waals surface area contributed by atoms with Gasteiger partial charge in [-0.25, -0.2) is 4.39 Å². The van der Waals surface area contributed by atoms with Crippen molar-refractivity contribution in [3.63, 3.8) is 0 Å². The summed E-state index contributed by atoms with van der Waals surface area (Å²) in [6, 6.07) is 8.63. The number of ketones is 1. The number of thiol groups is 1. The van der Waals surface area contributed by atoms with Gasteiger partial charge in [-0.15, -0.1) is 11.3 Å². The molecule has 0 saturated heterocycles. The Morgan fingerprint density at radius 1 is 1.24 bits per heavy atom. The molecule has 0 saturated carbocycles. The van der Waals surface area contributed by atoms with E-state index in [0.29, 0.717) is 11.4 Å². The molecule has 0 aliphatic rings. The highest BCUT2D eigenvalue weighted by atomic mass is 32.1. The van der Waals surface area contributed by atoms with E-state index in [1.165, 1.54) is 17.4 Å². The van der Waals surface area contributed by atoms with Crippen LogP contribution in [-0.2, 0) is 6.54 Å². The molecule has 0 unspecified atom stereocenters. The van der Waals surface area contributed by atoms with Gasteiger partial charge in [-0.2, -0.15) is 12.6 Å². The van der Waals surface area contributed by atoms with Gasteiger partial charge in [-0.3, -0.25) is 4.79 Å². The SMILES string of the molecule is CS.Cc1ccc(C(=O)c2cc3cc(C)n(CCCN)c3s2)c(F)c1. The number of aromatic nitrogens is 1. The summed E-state index contributed by atoms with van der Waals surface area (Å²) in [5.41, 5.74) is 7.68. The van der Waals surface area contributed by atoms with E-state index in [-0.39, 0.29) is 11.3 Å². The van der Waals surface area contributed by atoms with Crippen LogP contribution in [0.2, 0.25) is 0 Å². The van der Waals surface area contributed by atoms with Gasteiger partial charge in [0.2, 0.25) is 5.78 Å². The fourth-order valence-corrected chi connectivity index (χ4v) is 3.93. The van der Waals surface area contributed by atoms with Crippen molar-refractivity contribution >= 4 is 40.0 Å². The minimum atomic E-state index is -0.463. The average Bonchev–Trinajstić information content (AvgIpc) is 3.12. The van der Waals surface area contributed by atoms with Crippen LogP contribution in [-0.4, -0.2) is 23.2 Å². The molecular formula is C19H23FN2OS2. The third-order valence-corrected chi connectivity index (χ3v) is 5.13. The largest absolute Gasteiger partial charge is 0.337 e. The van der Waals surface area contributed by atoms with E-state index in [1.54, 1.807) is 25.3 Å². The third kappa shape index (κ3) is 4.14. The van der Waals surface area contributed by atoms with Crippen molar-refractivity contribution in [2.45, 2.75) is 26.8 Å². The first kappa shape index (κ1) is 19.7. The fraction of sp³-hybridized carbons (Fsp3) is 0.316. The first-order valence-corrected chi connectivity index (χ1v) is 9.77. The number of fused-ring (bicyclic) bond motifs is 1. The molecule has 2 N–H and O–H groups in total. The number of hydrogen-bond donors (Lipinski definition) is 2. The molecule has 0 radical (unpaired) electrons. The van der Waals surface area contributed by atoms with Crippen molar-refractivity contribution in [1.29, 1.82) is 0 Å². The summed E-state index contributed by atoms with van der Waals surface area (Å²) in [7, 11) is 0. The van der Waals surface area contributed by atoms with E-state index in [9.17, 15) is 9.18 Å². The molecule has 2 aromatic heterocycles. The highest BCUT2D eigenvalue weighted by Gasteiger charge is 2.18. The lowest BCUT2D eigenvalue weighted by Crippen LogP contribution is -2.06. The Labute approximate surface area is 157 Å². The van der Waals surface area contributed by atoms with Gasteiger partial charge in [-0.05, 0) is 62.9 Å². The van der Waals surface area contributed by atoms with Crippen LogP contribution in [0.1, 0.15) is 32.9 Å². The Hall–Kier alpha value is -1.63. The maximum Gasteiger partial charge on any atom is 0.205 e. The van der Waals surface area contributed by atoms with Gasteiger partial charge in [0.1, 0.15) is 10.6 Å². The second-order valence-corrected chi connectivity index (χ2v) is 6.79. The fourth-order valence-electron chi connectivity index (χ4n) is 2.75. The molecule has 3 nitrogen and oxygen atoms in total. The van der Waals surface area contributed by atoms with Gasteiger partial charge in [0.15, 0.2) is 0 Å². The van der Waals surface area contributed by atoms with Gasteiger partial charge < -0.3 is 10.3 Å². The Morgan fingerprint density at radius 2 is 1.96 bits per heavy atom. The Balaban J connectivity index is 0.00000109. The summed E-state index contributed by atoms with van der Waals surface area (Å²) < 4.78 is 16.2. The lowest BCUT2D eigenvalue weighted by molar-refractivity contribution is 0.103. The van der Waals surface area contributed by atoms with E-state index in [2.05, 4.69) is 23.3 Å². The lowest BCUT2D eigenvalue weighted by atomic mass is 10.1. The topological polar surface area (TPSA) is 48.0 Å². The molecule has 25 heavy (non-hydrogen) atoms. The van der Waals surface area contributed by atoms with E-state index < -0.39 is 5.82 Å². The monoisotopic (exact) mass is 378 g/mol. The quantitative estimate of drug-likeness (QED) is 0.504. The van der Waals surface area contributed by atoms with Crippen LogP contribution in [0.25, 0.3) is 10.2 Å². The normalized spacial score (nSPS) is 10.6. The second kappa shape index (κ2) is 8.65. The molecule has 0 aliphatic heterocycles. The number of rotatable bonds is 5. The van der Waals surface area contributed by atoms with Crippen molar-refractivity contribution in [3.05, 3.63) is 57.8 Å². The van der Waals surface area contributed by atoms with E-state index in [1.807, 2.05) is 13.0 Å². The zero-order valence-electron chi connectivity index (χ0n) is 14.7. The van der Waals surface area contributed by atoms with Crippen molar-refractivity contribution in [3.8, 4) is 0 Å². The molecule has 1 aromatic carbocycles. The minimum Gasteiger partial charge on any atom is -0.337 e. The Bertz CT molecular complexity index is 883. The number of benzene rings is 1. The number of hydrogen-bond acceptors (Lipinski definition) is 4. The summed E-state index contributed by atoms with van der Waals surface area (Å²) in [6.07, 6.45) is 2.58. The van der Waals surface area contributed by atoms with Gasteiger partial charge >= 0.3 is 0 Å². The van der Waals surface area contributed by atoms with Crippen molar-refractivity contribution in [2.24, 2.45) is 5.73 Å². The molecule has 0 spiro atoms. The van der Waals surface area contributed by atoms with Crippen LogP contribution >= 0.6 is 24.0 Å². The summed E-state index contributed by atoms with van der Waals surface area (Å²) >= 11 is 4.94. The highest BCUT2D eigenvalue weighted by Crippen LogP contribution is 2.31. The molecule has 134 valence electrons. The average molecular weight is 379 g/mol. The van der Waals surface area contributed by atoms with Crippen molar-refractivity contribution in [2.75, 3.05) is 12.8 Å². The van der Waals surface area contributed by atoms with Crippen molar-refractivity contribution < 1.29 is 9.18 Å². The van der Waals surface area contributed by atoms with E-state index in [4.69, 9.17) is 5.73 Å². The predicted molar refractivity (Wildman–Crippen MR) is 108 cm³/mol. The van der Waals surface area contributed by atoms with Crippen LogP contribution in [0.3, 0.4) is 0 Å². The number of thiophene rings is 1. The molecule has 0 fully saturated rings. The Morgan fingerprint density at radius 3 is 2.60 bits per heavy atom. The molecule has 2 heterocycles. The number of carbonyl (C=O) groups excluding carboxylic acids is 1. The highest BCUT2D eigenvalue weighted by molar-refractivity contribution is 7.79. The molecule has 3 rings (SSSR count). The minimum absolute atomic E-state index is 0.129. The summed E-state index contributed by atoms with van der Waals surface area (Å²) in [5.74, 6) is -0.720. The predicted octanol–water partition coefficient (Wildman–Crippen LogP) is 4.58. The molecule has 0 bridgehead atoms. The zero-order valence-corrected chi connectivity index (χ0v) is 16.4. The summed E-state index contributed by atoms with van der Waals surface area (Å²) in [6.45, 7) is 5.31. The number of halogens is 1. The summed E-state index contributed by atoms with van der Waals surface area (Å²) in [4.78, 5) is 14.2. The smallest absolute Gasteiger partial charge is 0.205 e. The molecular weight excluding hydrogens is 355 g/mol. The molecule has 3 aromatic rings. The first-order valence-electron chi connectivity index (χ1n) is 8.06. The van der Waals surface area contributed by atoms with Gasteiger partial charge in [0.05, 0.1) is 10.4 Å². The number of nitrogens with zero attached hydrogens (tertiary/aromatic N) is 1. The maximum atomic E-state index is 14.0. The molecule has 0 amide bonds.